The second-order valence-corrected chi connectivity index (χ2v) is 6.67. The summed E-state index contributed by atoms with van der Waals surface area (Å²) in [6.45, 7) is 0. The van der Waals surface area contributed by atoms with Crippen LogP contribution in [0.4, 0.5) is 0 Å². The minimum absolute atomic E-state index is 0.0358. The lowest BCUT2D eigenvalue weighted by atomic mass is 10.1. The zero-order valence-corrected chi connectivity index (χ0v) is 14.1. The molecule has 0 aliphatic carbocycles. The van der Waals surface area contributed by atoms with Gasteiger partial charge in [0.15, 0.2) is 16.6 Å². The van der Waals surface area contributed by atoms with Gasteiger partial charge in [0.25, 0.3) is 0 Å². The molecule has 0 atom stereocenters. The summed E-state index contributed by atoms with van der Waals surface area (Å²) < 4.78 is 1.98. The van der Waals surface area contributed by atoms with Crippen molar-refractivity contribution in [2.75, 3.05) is 5.75 Å². The third kappa shape index (κ3) is 2.77. The number of carbonyl (C=O) groups is 1. The minimum atomic E-state index is 0.0358. The van der Waals surface area contributed by atoms with E-state index in [0.29, 0.717) is 21.5 Å². The molecule has 0 unspecified atom stereocenters. The molecule has 118 valence electrons. The number of hydrogen-bond acceptors (Lipinski definition) is 4. The molecule has 0 saturated carbocycles. The van der Waals surface area contributed by atoms with Crippen LogP contribution in [0, 0.1) is 0 Å². The molecule has 0 fully saturated rings. The molecule has 0 aliphatic heterocycles. The first-order valence-electron chi connectivity index (χ1n) is 7.37. The van der Waals surface area contributed by atoms with Gasteiger partial charge in [0.1, 0.15) is 0 Å². The van der Waals surface area contributed by atoms with Crippen LogP contribution in [0.15, 0.2) is 65.8 Å². The van der Waals surface area contributed by atoms with Crippen LogP contribution < -0.4 is 0 Å². The maximum absolute atomic E-state index is 12.3. The van der Waals surface area contributed by atoms with E-state index < -0.39 is 0 Å². The number of halogens is 1. The number of fused-ring (bicyclic) bond motifs is 3. The van der Waals surface area contributed by atoms with Crippen LogP contribution in [0.3, 0.4) is 0 Å². The van der Waals surface area contributed by atoms with Crippen molar-refractivity contribution < 1.29 is 4.79 Å². The Morgan fingerprint density at radius 2 is 1.79 bits per heavy atom. The average Bonchev–Trinajstić information content (AvgIpc) is 3.04. The van der Waals surface area contributed by atoms with E-state index in [9.17, 15) is 4.79 Å². The maximum Gasteiger partial charge on any atom is 0.196 e. The van der Waals surface area contributed by atoms with Crippen molar-refractivity contribution in [3.05, 3.63) is 71.2 Å². The van der Waals surface area contributed by atoms with Crippen LogP contribution in [-0.2, 0) is 0 Å². The number of aromatic nitrogens is 3. The Hall–Kier alpha value is -2.37. The Morgan fingerprint density at radius 1 is 1.00 bits per heavy atom. The van der Waals surface area contributed by atoms with Gasteiger partial charge in [0.05, 0.1) is 11.3 Å². The fourth-order valence-electron chi connectivity index (χ4n) is 2.55. The van der Waals surface area contributed by atoms with E-state index in [4.69, 9.17) is 11.6 Å². The molecule has 4 nitrogen and oxygen atoms in total. The summed E-state index contributed by atoms with van der Waals surface area (Å²) in [6, 6.07) is 18.9. The highest BCUT2D eigenvalue weighted by Gasteiger charge is 2.12. The Kier molecular flexibility index (Phi) is 3.96. The van der Waals surface area contributed by atoms with Gasteiger partial charge in [0.2, 0.25) is 0 Å². The molecule has 0 spiro atoms. The Balaban J connectivity index is 1.64. The van der Waals surface area contributed by atoms with Gasteiger partial charge in [-0.15, -0.1) is 10.2 Å². The third-order valence-corrected chi connectivity index (χ3v) is 4.93. The molecule has 0 saturated heterocycles. The second kappa shape index (κ2) is 6.26. The lowest BCUT2D eigenvalue weighted by Crippen LogP contribution is -2.03. The summed E-state index contributed by atoms with van der Waals surface area (Å²) >= 11 is 7.24. The van der Waals surface area contributed by atoms with Gasteiger partial charge >= 0.3 is 0 Å². The highest BCUT2D eigenvalue weighted by molar-refractivity contribution is 7.99. The zero-order valence-electron chi connectivity index (χ0n) is 12.5. The second-order valence-electron chi connectivity index (χ2n) is 5.29. The highest BCUT2D eigenvalue weighted by atomic mass is 35.5. The molecule has 2 aromatic carbocycles. The Bertz CT molecular complexity index is 1040. The van der Waals surface area contributed by atoms with Crippen LogP contribution in [0.5, 0.6) is 0 Å². The van der Waals surface area contributed by atoms with Crippen LogP contribution in [0.25, 0.3) is 16.6 Å². The topological polar surface area (TPSA) is 47.3 Å². The molecule has 0 radical (unpaired) electrons. The summed E-state index contributed by atoms with van der Waals surface area (Å²) in [4.78, 5) is 12.3. The van der Waals surface area contributed by atoms with E-state index in [0.717, 1.165) is 16.6 Å². The van der Waals surface area contributed by atoms with E-state index in [1.165, 1.54) is 11.8 Å². The lowest BCUT2D eigenvalue weighted by molar-refractivity contribution is 0.102. The minimum Gasteiger partial charge on any atom is -0.293 e. The molecule has 0 amide bonds. The van der Waals surface area contributed by atoms with Gasteiger partial charge in [-0.2, -0.15) is 0 Å². The SMILES string of the molecule is O=C(CSc1nnc2ccc3ccccc3n12)c1ccc(Cl)cc1. The molecule has 2 heterocycles. The van der Waals surface area contributed by atoms with Gasteiger partial charge in [-0.1, -0.05) is 41.6 Å². The van der Waals surface area contributed by atoms with Gasteiger partial charge in [-0.25, -0.2) is 0 Å². The first-order chi connectivity index (χ1) is 11.7. The van der Waals surface area contributed by atoms with Crippen LogP contribution >= 0.6 is 23.4 Å². The average molecular weight is 354 g/mol. The zero-order chi connectivity index (χ0) is 16.5. The predicted molar refractivity (Wildman–Crippen MR) is 97.0 cm³/mol. The highest BCUT2D eigenvalue weighted by Crippen LogP contribution is 2.24. The maximum atomic E-state index is 12.3. The Labute approximate surface area is 147 Å². The number of hydrogen-bond donors (Lipinski definition) is 0. The molecule has 0 bridgehead atoms. The third-order valence-electron chi connectivity index (χ3n) is 3.75. The fraction of sp³-hybridized carbons (Fsp3) is 0.0556. The normalized spacial score (nSPS) is 11.2. The number of ketones is 1. The van der Waals surface area contributed by atoms with E-state index in [2.05, 4.69) is 10.2 Å². The lowest BCUT2D eigenvalue weighted by Gasteiger charge is -2.04. The van der Waals surface area contributed by atoms with Gasteiger partial charge < -0.3 is 0 Å². The van der Waals surface area contributed by atoms with E-state index in [1.807, 2.05) is 40.8 Å². The van der Waals surface area contributed by atoms with Gasteiger partial charge in [-0.05, 0) is 47.9 Å². The standard InChI is InChI=1S/C18H12ClN3OS/c19-14-8-5-13(6-9-14)16(23)11-24-18-21-20-17-10-7-12-3-1-2-4-15(12)22(17)18/h1-10H,11H2. The first kappa shape index (κ1) is 15.2. The van der Waals surface area contributed by atoms with Crippen molar-refractivity contribution in [2.24, 2.45) is 0 Å². The number of nitrogens with zero attached hydrogens (tertiary/aromatic N) is 3. The molecule has 24 heavy (non-hydrogen) atoms. The largest absolute Gasteiger partial charge is 0.293 e. The van der Waals surface area contributed by atoms with E-state index in [-0.39, 0.29) is 5.78 Å². The predicted octanol–water partition coefficient (Wildman–Crippen LogP) is 4.51. The van der Waals surface area contributed by atoms with Crippen molar-refractivity contribution in [3.63, 3.8) is 0 Å². The molecular formula is C18H12ClN3OS. The number of pyridine rings is 1. The number of Topliss-reactive ketones (excluding diaryl/α,β-unsaturated/α-hetero) is 1. The summed E-state index contributed by atoms with van der Waals surface area (Å²) in [5, 5.41) is 10.9. The first-order valence-corrected chi connectivity index (χ1v) is 8.73. The van der Waals surface area contributed by atoms with Crippen molar-refractivity contribution in [1.82, 2.24) is 14.6 Å². The smallest absolute Gasteiger partial charge is 0.196 e. The van der Waals surface area contributed by atoms with Crippen LogP contribution in [0.2, 0.25) is 5.02 Å². The number of benzene rings is 2. The van der Waals surface area contributed by atoms with E-state index in [1.54, 1.807) is 24.3 Å². The summed E-state index contributed by atoms with van der Waals surface area (Å²) in [6.07, 6.45) is 0. The molecule has 4 aromatic rings. The number of thioether (sulfide) groups is 1. The molecule has 4 rings (SSSR count). The molecule has 0 N–H and O–H groups in total. The summed E-state index contributed by atoms with van der Waals surface area (Å²) in [5.41, 5.74) is 2.45. The molecular weight excluding hydrogens is 342 g/mol. The van der Waals surface area contributed by atoms with Gasteiger partial charge in [0, 0.05) is 10.6 Å². The monoisotopic (exact) mass is 353 g/mol. The van der Waals surface area contributed by atoms with Crippen molar-refractivity contribution >= 4 is 45.7 Å². The molecule has 6 heteroatoms. The van der Waals surface area contributed by atoms with Crippen molar-refractivity contribution in [2.45, 2.75) is 5.16 Å². The molecule has 0 aliphatic rings. The fourth-order valence-corrected chi connectivity index (χ4v) is 3.53. The molecule has 2 aromatic heterocycles. The Morgan fingerprint density at radius 3 is 2.62 bits per heavy atom. The summed E-state index contributed by atoms with van der Waals surface area (Å²) in [5.74, 6) is 0.333. The number of carbonyl (C=O) groups excluding carboxylic acids is 1. The van der Waals surface area contributed by atoms with Crippen LogP contribution in [0.1, 0.15) is 10.4 Å². The van der Waals surface area contributed by atoms with E-state index >= 15 is 0 Å². The number of rotatable bonds is 4. The van der Waals surface area contributed by atoms with Crippen molar-refractivity contribution in [3.8, 4) is 0 Å². The van der Waals surface area contributed by atoms with Gasteiger partial charge in [-0.3, -0.25) is 9.20 Å². The quantitative estimate of drug-likeness (QED) is 0.400. The van der Waals surface area contributed by atoms with Crippen LogP contribution in [-0.4, -0.2) is 26.1 Å². The summed E-state index contributed by atoms with van der Waals surface area (Å²) in [7, 11) is 0. The van der Waals surface area contributed by atoms with Crippen molar-refractivity contribution in [1.29, 1.82) is 0 Å². The number of para-hydroxylation sites is 1.